The van der Waals surface area contributed by atoms with Crippen LogP contribution in [-0.2, 0) is 10.9 Å². The normalized spacial score (nSPS) is 19.4. The molecule has 0 amide bonds. The number of rotatable bonds is 2. The summed E-state index contributed by atoms with van der Waals surface area (Å²) in [5, 5.41) is 10.1. The smallest absolute Gasteiger partial charge is 0.388 e. The zero-order valence-corrected chi connectivity index (χ0v) is 10.1. The molecular weight excluding hydrogens is 264 g/mol. The van der Waals surface area contributed by atoms with E-state index in [-0.39, 0.29) is 11.5 Å². The van der Waals surface area contributed by atoms with Gasteiger partial charge in [-0.25, -0.2) is 4.39 Å². The van der Waals surface area contributed by atoms with Gasteiger partial charge in [-0.15, -0.1) is 0 Å². The third-order valence-corrected chi connectivity index (χ3v) is 3.30. The molecule has 106 valence electrons. The maximum atomic E-state index is 13.2. The van der Waals surface area contributed by atoms with E-state index < -0.39 is 23.7 Å². The highest BCUT2D eigenvalue weighted by Crippen LogP contribution is 2.35. The first-order chi connectivity index (χ1) is 8.88. The van der Waals surface area contributed by atoms with Crippen LogP contribution in [0.5, 0.6) is 0 Å². The number of benzene rings is 1. The van der Waals surface area contributed by atoms with Gasteiger partial charge in [-0.3, -0.25) is 0 Å². The zero-order chi connectivity index (χ0) is 14.0. The average molecular weight is 278 g/mol. The van der Waals surface area contributed by atoms with E-state index in [0.29, 0.717) is 32.1 Å². The molecule has 1 N–H and O–H groups in total. The van der Waals surface area contributed by atoms with Crippen molar-refractivity contribution in [2.24, 2.45) is 5.92 Å². The first-order valence-electron chi connectivity index (χ1n) is 6.01. The Morgan fingerprint density at radius 1 is 1.16 bits per heavy atom. The van der Waals surface area contributed by atoms with Gasteiger partial charge < -0.3 is 9.84 Å². The summed E-state index contributed by atoms with van der Waals surface area (Å²) in [6.45, 7) is 0.923. The number of aliphatic hydroxyl groups excluding tert-OH is 1. The molecule has 0 saturated carbocycles. The van der Waals surface area contributed by atoms with Crippen molar-refractivity contribution in [3.63, 3.8) is 0 Å². The van der Waals surface area contributed by atoms with Crippen LogP contribution in [0.4, 0.5) is 17.6 Å². The van der Waals surface area contributed by atoms with Gasteiger partial charge in [0.1, 0.15) is 5.82 Å². The number of alkyl halides is 3. The first-order valence-corrected chi connectivity index (χ1v) is 6.01. The number of ether oxygens (including phenoxy) is 1. The lowest BCUT2D eigenvalue weighted by molar-refractivity contribution is -0.137. The maximum absolute atomic E-state index is 13.2. The molecule has 1 atom stereocenters. The Labute approximate surface area is 108 Å². The summed E-state index contributed by atoms with van der Waals surface area (Å²) in [4.78, 5) is 0. The van der Waals surface area contributed by atoms with E-state index in [2.05, 4.69) is 0 Å². The van der Waals surface area contributed by atoms with Crippen LogP contribution in [0, 0.1) is 11.7 Å². The molecule has 1 unspecified atom stereocenters. The SMILES string of the molecule is OC(c1cc(F)cc(C(F)(F)F)c1)C1CCOCC1. The van der Waals surface area contributed by atoms with E-state index in [1.807, 2.05) is 0 Å². The van der Waals surface area contributed by atoms with Crippen LogP contribution < -0.4 is 0 Å². The van der Waals surface area contributed by atoms with Gasteiger partial charge in [0.15, 0.2) is 0 Å². The van der Waals surface area contributed by atoms with Gasteiger partial charge in [0, 0.05) is 13.2 Å². The maximum Gasteiger partial charge on any atom is 0.416 e. The van der Waals surface area contributed by atoms with Gasteiger partial charge in [0.2, 0.25) is 0 Å². The predicted octanol–water partition coefficient (Wildman–Crippen LogP) is 3.30. The number of halogens is 4. The number of hydrogen-bond donors (Lipinski definition) is 1. The van der Waals surface area contributed by atoms with Crippen molar-refractivity contribution >= 4 is 0 Å². The quantitative estimate of drug-likeness (QED) is 0.841. The molecule has 0 bridgehead atoms. The average Bonchev–Trinajstić information content (AvgIpc) is 2.37. The van der Waals surface area contributed by atoms with Gasteiger partial charge in [-0.05, 0) is 42.5 Å². The minimum Gasteiger partial charge on any atom is -0.388 e. The second-order valence-electron chi connectivity index (χ2n) is 4.67. The van der Waals surface area contributed by atoms with E-state index in [1.54, 1.807) is 0 Å². The highest BCUT2D eigenvalue weighted by atomic mass is 19.4. The van der Waals surface area contributed by atoms with Crippen LogP contribution >= 0.6 is 0 Å². The van der Waals surface area contributed by atoms with E-state index in [0.717, 1.165) is 12.1 Å². The molecule has 1 aromatic carbocycles. The largest absolute Gasteiger partial charge is 0.416 e. The molecule has 1 heterocycles. The Morgan fingerprint density at radius 2 is 1.79 bits per heavy atom. The van der Waals surface area contributed by atoms with Crippen molar-refractivity contribution < 1.29 is 27.4 Å². The molecule has 2 rings (SSSR count). The fraction of sp³-hybridized carbons (Fsp3) is 0.538. The number of hydrogen-bond acceptors (Lipinski definition) is 2. The monoisotopic (exact) mass is 278 g/mol. The lowest BCUT2D eigenvalue weighted by atomic mass is 9.89. The zero-order valence-electron chi connectivity index (χ0n) is 10.1. The summed E-state index contributed by atoms with van der Waals surface area (Å²) in [5.41, 5.74) is -1.10. The van der Waals surface area contributed by atoms with Crippen LogP contribution in [0.2, 0.25) is 0 Å². The van der Waals surface area contributed by atoms with Crippen LogP contribution in [0.15, 0.2) is 18.2 Å². The third kappa shape index (κ3) is 3.45. The lowest BCUT2D eigenvalue weighted by Gasteiger charge is -2.27. The van der Waals surface area contributed by atoms with Crippen molar-refractivity contribution in [1.29, 1.82) is 0 Å². The van der Waals surface area contributed by atoms with E-state index in [1.165, 1.54) is 0 Å². The Balaban J connectivity index is 2.26. The van der Waals surface area contributed by atoms with Gasteiger partial charge in [0.05, 0.1) is 11.7 Å². The number of aliphatic hydroxyl groups is 1. The van der Waals surface area contributed by atoms with Gasteiger partial charge >= 0.3 is 6.18 Å². The summed E-state index contributed by atoms with van der Waals surface area (Å²) < 4.78 is 56.1. The lowest BCUT2D eigenvalue weighted by Crippen LogP contribution is -2.22. The Morgan fingerprint density at radius 3 is 2.37 bits per heavy atom. The Hall–Kier alpha value is -1.14. The van der Waals surface area contributed by atoms with Crippen molar-refractivity contribution in [2.75, 3.05) is 13.2 Å². The van der Waals surface area contributed by atoms with Gasteiger partial charge in [-0.2, -0.15) is 13.2 Å². The predicted molar refractivity (Wildman–Crippen MR) is 59.9 cm³/mol. The van der Waals surface area contributed by atoms with Crippen LogP contribution in [-0.4, -0.2) is 18.3 Å². The van der Waals surface area contributed by atoms with Crippen molar-refractivity contribution in [2.45, 2.75) is 25.1 Å². The third-order valence-electron chi connectivity index (χ3n) is 3.30. The van der Waals surface area contributed by atoms with Crippen LogP contribution in [0.1, 0.15) is 30.1 Å². The molecule has 0 aliphatic carbocycles. The van der Waals surface area contributed by atoms with Crippen LogP contribution in [0.25, 0.3) is 0 Å². The fourth-order valence-corrected chi connectivity index (χ4v) is 2.25. The highest BCUT2D eigenvalue weighted by molar-refractivity contribution is 5.28. The molecule has 6 heteroatoms. The minimum absolute atomic E-state index is 0.0285. The Kier molecular flexibility index (Phi) is 4.10. The molecular formula is C13H14F4O2. The summed E-state index contributed by atoms with van der Waals surface area (Å²) in [5.74, 6) is -1.19. The Bertz CT molecular complexity index is 439. The van der Waals surface area contributed by atoms with Crippen molar-refractivity contribution in [3.8, 4) is 0 Å². The minimum atomic E-state index is -4.62. The van der Waals surface area contributed by atoms with Gasteiger partial charge in [-0.1, -0.05) is 0 Å². The van der Waals surface area contributed by atoms with E-state index in [4.69, 9.17) is 4.74 Å². The first kappa shape index (κ1) is 14.3. The molecule has 1 aromatic rings. The summed E-state index contributed by atoms with van der Waals surface area (Å²) in [7, 11) is 0. The second-order valence-corrected chi connectivity index (χ2v) is 4.67. The molecule has 19 heavy (non-hydrogen) atoms. The van der Waals surface area contributed by atoms with Gasteiger partial charge in [0.25, 0.3) is 0 Å². The highest BCUT2D eigenvalue weighted by Gasteiger charge is 2.33. The van der Waals surface area contributed by atoms with E-state index in [9.17, 15) is 22.7 Å². The second kappa shape index (κ2) is 5.46. The summed E-state index contributed by atoms with van der Waals surface area (Å²) in [6.07, 6.45) is -4.61. The molecule has 1 fully saturated rings. The topological polar surface area (TPSA) is 29.5 Å². The molecule has 1 saturated heterocycles. The molecule has 2 nitrogen and oxygen atoms in total. The molecule has 0 spiro atoms. The molecule has 0 radical (unpaired) electrons. The molecule has 1 aliphatic rings. The van der Waals surface area contributed by atoms with Crippen molar-refractivity contribution in [1.82, 2.24) is 0 Å². The van der Waals surface area contributed by atoms with Crippen LogP contribution in [0.3, 0.4) is 0 Å². The molecule has 0 aromatic heterocycles. The van der Waals surface area contributed by atoms with Crippen molar-refractivity contribution in [3.05, 3.63) is 35.1 Å². The molecule has 1 aliphatic heterocycles. The summed E-state index contributed by atoms with van der Waals surface area (Å²) >= 11 is 0. The standard InChI is InChI=1S/C13H14F4O2/c14-11-6-9(5-10(7-11)13(15,16)17)12(18)8-1-3-19-4-2-8/h5-8,12,18H,1-4H2. The summed E-state index contributed by atoms with van der Waals surface area (Å²) in [6, 6.07) is 2.19. The van der Waals surface area contributed by atoms with E-state index >= 15 is 0 Å². The fourth-order valence-electron chi connectivity index (χ4n) is 2.25.